The fourth-order valence-corrected chi connectivity index (χ4v) is 4.16. The summed E-state index contributed by atoms with van der Waals surface area (Å²) in [6.45, 7) is 1.49. The second-order valence-electron chi connectivity index (χ2n) is 7.13. The summed E-state index contributed by atoms with van der Waals surface area (Å²) >= 11 is 0. The normalized spacial score (nSPS) is 11.4. The second kappa shape index (κ2) is 8.19. The van der Waals surface area contributed by atoms with Gasteiger partial charge in [-0.2, -0.15) is 0 Å². The lowest BCUT2D eigenvalue weighted by Crippen LogP contribution is -2.37. The Morgan fingerprint density at radius 3 is 2.52 bits per heavy atom. The van der Waals surface area contributed by atoms with Crippen molar-refractivity contribution >= 4 is 33.1 Å². The molecule has 0 radical (unpaired) electrons. The summed E-state index contributed by atoms with van der Waals surface area (Å²) in [6.07, 6.45) is 6.52. The lowest BCUT2D eigenvalue weighted by molar-refractivity contribution is -0.114. The highest BCUT2D eigenvalue weighted by Crippen LogP contribution is 2.23. The van der Waals surface area contributed by atoms with Gasteiger partial charge in [-0.25, -0.2) is 18.4 Å². The molecular weight excluding hydrogens is 414 g/mol. The number of nitrogens with zero attached hydrogens (tertiary/aromatic N) is 4. The second-order valence-corrected chi connectivity index (χ2v) is 9.04. The maximum absolute atomic E-state index is 12.6. The smallest absolute Gasteiger partial charge is 0.245 e. The van der Waals surface area contributed by atoms with E-state index in [1.165, 1.54) is 0 Å². The molecule has 0 aliphatic heterocycles. The monoisotopic (exact) mass is 435 g/mol. The van der Waals surface area contributed by atoms with Crippen molar-refractivity contribution in [3.05, 3.63) is 78.8 Å². The number of para-hydroxylation sites is 1. The summed E-state index contributed by atoms with van der Waals surface area (Å²) < 4.78 is 27.5. The number of carbonyl (C=O) groups excluding carboxylic acids is 1. The molecule has 158 valence electrons. The van der Waals surface area contributed by atoms with Crippen LogP contribution in [0.5, 0.6) is 0 Å². The molecule has 1 N–H and O–H groups in total. The maximum atomic E-state index is 12.6. The SMILES string of the molecule is Cc1ccccc1N(CC(=O)Nc1ccc(-c2cn3cccnc3n2)cc1)S(C)(=O)=O. The van der Waals surface area contributed by atoms with E-state index in [1.807, 2.05) is 41.1 Å². The molecule has 9 heteroatoms. The Morgan fingerprint density at radius 2 is 1.84 bits per heavy atom. The van der Waals surface area contributed by atoms with Gasteiger partial charge in [-0.05, 0) is 36.8 Å². The lowest BCUT2D eigenvalue weighted by atomic mass is 10.1. The number of benzene rings is 2. The molecule has 31 heavy (non-hydrogen) atoms. The highest BCUT2D eigenvalue weighted by atomic mass is 32.2. The number of nitrogens with one attached hydrogen (secondary N) is 1. The topological polar surface area (TPSA) is 96.7 Å². The third-order valence-electron chi connectivity index (χ3n) is 4.77. The van der Waals surface area contributed by atoms with Gasteiger partial charge in [-0.15, -0.1) is 0 Å². The van der Waals surface area contributed by atoms with Crippen LogP contribution in [0.3, 0.4) is 0 Å². The van der Waals surface area contributed by atoms with Gasteiger partial charge in [-0.3, -0.25) is 13.5 Å². The fourth-order valence-electron chi connectivity index (χ4n) is 3.25. The lowest BCUT2D eigenvalue weighted by Gasteiger charge is -2.23. The zero-order chi connectivity index (χ0) is 22.0. The summed E-state index contributed by atoms with van der Waals surface area (Å²) in [5.41, 5.74) is 3.46. The summed E-state index contributed by atoms with van der Waals surface area (Å²) in [5, 5.41) is 2.76. The molecule has 2 aromatic heterocycles. The van der Waals surface area contributed by atoms with Crippen LogP contribution in [0.15, 0.2) is 73.2 Å². The highest BCUT2D eigenvalue weighted by molar-refractivity contribution is 7.92. The van der Waals surface area contributed by atoms with Crippen molar-refractivity contribution in [1.29, 1.82) is 0 Å². The van der Waals surface area contributed by atoms with E-state index in [0.29, 0.717) is 17.2 Å². The molecule has 1 amide bonds. The van der Waals surface area contributed by atoms with Crippen LogP contribution in [-0.4, -0.2) is 41.5 Å². The Bertz CT molecular complexity index is 1310. The van der Waals surface area contributed by atoms with Gasteiger partial charge in [0.2, 0.25) is 21.7 Å². The van der Waals surface area contributed by atoms with E-state index in [4.69, 9.17) is 0 Å². The minimum absolute atomic E-state index is 0.316. The van der Waals surface area contributed by atoms with E-state index in [9.17, 15) is 13.2 Å². The van der Waals surface area contributed by atoms with Crippen LogP contribution in [0.1, 0.15) is 5.56 Å². The van der Waals surface area contributed by atoms with Gasteiger partial charge in [0.25, 0.3) is 0 Å². The largest absolute Gasteiger partial charge is 0.325 e. The zero-order valence-electron chi connectivity index (χ0n) is 17.1. The number of rotatable bonds is 6. The van der Waals surface area contributed by atoms with E-state index in [1.54, 1.807) is 43.5 Å². The van der Waals surface area contributed by atoms with Gasteiger partial charge in [0.05, 0.1) is 17.6 Å². The Labute approximate surface area is 180 Å². The quantitative estimate of drug-likeness (QED) is 0.502. The molecule has 0 atom stereocenters. The molecule has 0 aliphatic rings. The molecule has 4 aromatic rings. The summed E-state index contributed by atoms with van der Waals surface area (Å²) in [7, 11) is -3.63. The molecule has 4 rings (SSSR count). The van der Waals surface area contributed by atoms with E-state index < -0.39 is 15.9 Å². The van der Waals surface area contributed by atoms with Crippen molar-refractivity contribution in [1.82, 2.24) is 14.4 Å². The van der Waals surface area contributed by atoms with Gasteiger partial charge in [0, 0.05) is 29.8 Å². The molecule has 0 unspecified atom stereocenters. The van der Waals surface area contributed by atoms with E-state index >= 15 is 0 Å². The molecule has 2 heterocycles. The minimum Gasteiger partial charge on any atom is -0.325 e. The Kier molecular flexibility index (Phi) is 5.43. The minimum atomic E-state index is -3.63. The van der Waals surface area contributed by atoms with Crippen LogP contribution in [0.25, 0.3) is 17.0 Å². The van der Waals surface area contributed by atoms with Gasteiger partial charge < -0.3 is 5.32 Å². The maximum Gasteiger partial charge on any atom is 0.245 e. The molecule has 0 spiro atoms. The first kappa shape index (κ1) is 20.5. The average molecular weight is 436 g/mol. The Morgan fingerprint density at radius 1 is 1.10 bits per heavy atom. The number of hydrogen-bond acceptors (Lipinski definition) is 5. The van der Waals surface area contributed by atoms with Crippen LogP contribution in [-0.2, 0) is 14.8 Å². The predicted molar refractivity (Wildman–Crippen MR) is 120 cm³/mol. The molecular formula is C22H21N5O3S. The molecule has 0 saturated carbocycles. The Hall–Kier alpha value is -3.72. The van der Waals surface area contributed by atoms with Crippen molar-refractivity contribution in [2.45, 2.75) is 6.92 Å². The number of anilines is 2. The molecule has 8 nitrogen and oxygen atoms in total. The van der Waals surface area contributed by atoms with Gasteiger partial charge in [0.1, 0.15) is 6.54 Å². The first-order valence-corrected chi connectivity index (χ1v) is 11.4. The number of imidazole rings is 1. The van der Waals surface area contributed by atoms with E-state index in [0.717, 1.165) is 27.4 Å². The number of aryl methyl sites for hydroxylation is 1. The first-order chi connectivity index (χ1) is 14.8. The van der Waals surface area contributed by atoms with Gasteiger partial charge in [-0.1, -0.05) is 30.3 Å². The van der Waals surface area contributed by atoms with E-state index in [-0.39, 0.29) is 6.54 Å². The third kappa shape index (κ3) is 4.56. The molecule has 2 aromatic carbocycles. The fraction of sp³-hybridized carbons (Fsp3) is 0.136. The summed E-state index contributed by atoms with van der Waals surface area (Å²) in [5.74, 6) is 0.172. The van der Waals surface area contributed by atoms with Crippen LogP contribution in [0.4, 0.5) is 11.4 Å². The zero-order valence-corrected chi connectivity index (χ0v) is 17.9. The highest BCUT2D eigenvalue weighted by Gasteiger charge is 2.22. The van der Waals surface area contributed by atoms with Crippen LogP contribution < -0.4 is 9.62 Å². The van der Waals surface area contributed by atoms with Crippen LogP contribution >= 0.6 is 0 Å². The van der Waals surface area contributed by atoms with Gasteiger partial charge in [0.15, 0.2) is 0 Å². The van der Waals surface area contributed by atoms with Crippen molar-refractivity contribution in [3.8, 4) is 11.3 Å². The molecule has 0 aliphatic carbocycles. The molecule has 0 fully saturated rings. The standard InChI is InChI=1S/C22H21N5O3S/c1-16-6-3-4-7-20(16)27(31(2,29)30)15-21(28)24-18-10-8-17(9-11-18)19-14-26-13-5-12-23-22(26)25-19/h3-14H,15H2,1-2H3,(H,24,28). The Balaban J connectivity index is 1.49. The van der Waals surface area contributed by atoms with Crippen LogP contribution in [0, 0.1) is 6.92 Å². The molecule has 0 bridgehead atoms. The van der Waals surface area contributed by atoms with Crippen molar-refractivity contribution in [2.75, 3.05) is 22.4 Å². The number of amides is 1. The number of hydrogen-bond donors (Lipinski definition) is 1. The summed E-state index contributed by atoms with van der Waals surface area (Å²) in [6, 6.07) is 16.1. The predicted octanol–water partition coefficient (Wildman–Crippen LogP) is 3.11. The van der Waals surface area contributed by atoms with E-state index in [2.05, 4.69) is 15.3 Å². The van der Waals surface area contributed by atoms with Crippen molar-refractivity contribution < 1.29 is 13.2 Å². The first-order valence-electron chi connectivity index (χ1n) is 9.54. The molecule has 0 saturated heterocycles. The van der Waals surface area contributed by atoms with Gasteiger partial charge >= 0.3 is 0 Å². The van der Waals surface area contributed by atoms with Crippen LogP contribution in [0.2, 0.25) is 0 Å². The number of sulfonamides is 1. The number of fused-ring (bicyclic) bond motifs is 1. The number of aromatic nitrogens is 3. The third-order valence-corrected chi connectivity index (χ3v) is 5.90. The summed E-state index contributed by atoms with van der Waals surface area (Å²) in [4.78, 5) is 21.3. The van der Waals surface area contributed by atoms with Crippen molar-refractivity contribution in [3.63, 3.8) is 0 Å². The average Bonchev–Trinajstić information content (AvgIpc) is 3.17. The van der Waals surface area contributed by atoms with Crippen molar-refractivity contribution in [2.24, 2.45) is 0 Å². The number of carbonyl (C=O) groups is 1.